The van der Waals surface area contributed by atoms with Crippen molar-refractivity contribution in [3.8, 4) is 11.5 Å². The van der Waals surface area contributed by atoms with E-state index in [2.05, 4.69) is 0 Å². The number of carbonyl (C=O) groups excluding carboxylic acids is 1. The van der Waals surface area contributed by atoms with Gasteiger partial charge in [-0.1, -0.05) is 0 Å². The molecule has 0 saturated carbocycles. The van der Waals surface area contributed by atoms with Crippen LogP contribution in [-0.4, -0.2) is 12.6 Å². The highest BCUT2D eigenvalue weighted by Gasteiger charge is 2.02. The zero-order valence-corrected chi connectivity index (χ0v) is 8.66. The maximum Gasteiger partial charge on any atom is 0.308 e. The van der Waals surface area contributed by atoms with Crippen LogP contribution < -0.4 is 9.47 Å². The highest BCUT2D eigenvalue weighted by molar-refractivity contribution is 5.69. The average molecular weight is 194 g/mol. The molecule has 0 aromatic heterocycles. The van der Waals surface area contributed by atoms with Gasteiger partial charge in [-0.25, -0.2) is 0 Å². The van der Waals surface area contributed by atoms with Crippen LogP contribution in [0, 0.1) is 6.92 Å². The molecular weight excluding hydrogens is 180 g/mol. The average Bonchev–Trinajstić information content (AvgIpc) is 2.01. The summed E-state index contributed by atoms with van der Waals surface area (Å²) in [5, 5.41) is 0. The molecule has 1 aromatic rings. The van der Waals surface area contributed by atoms with Gasteiger partial charge in [0.1, 0.15) is 11.5 Å². The summed E-state index contributed by atoms with van der Waals surface area (Å²) in [5.74, 6) is 0.933. The Kier molecular flexibility index (Phi) is 3.51. The Bertz CT molecular complexity index is 331. The number of benzene rings is 1. The van der Waals surface area contributed by atoms with Crippen molar-refractivity contribution in [3.05, 3.63) is 23.8 Å². The molecule has 76 valence electrons. The number of hydrogen-bond donors (Lipinski definition) is 0. The van der Waals surface area contributed by atoms with Crippen LogP contribution in [0.4, 0.5) is 0 Å². The summed E-state index contributed by atoms with van der Waals surface area (Å²) in [6.07, 6.45) is 0. The Balaban J connectivity index is 2.88. The molecule has 3 nitrogen and oxygen atoms in total. The molecule has 3 heteroatoms. The summed E-state index contributed by atoms with van der Waals surface area (Å²) in [7, 11) is 0. The maximum absolute atomic E-state index is 10.7. The Morgan fingerprint density at radius 3 is 2.50 bits per heavy atom. The van der Waals surface area contributed by atoms with E-state index >= 15 is 0 Å². The van der Waals surface area contributed by atoms with E-state index in [4.69, 9.17) is 9.47 Å². The lowest BCUT2D eigenvalue weighted by Crippen LogP contribution is -2.02. The van der Waals surface area contributed by atoms with Crippen molar-refractivity contribution in [2.45, 2.75) is 20.8 Å². The third-order valence-corrected chi connectivity index (χ3v) is 1.60. The summed E-state index contributed by atoms with van der Waals surface area (Å²) in [6, 6.07) is 5.40. The molecule has 0 spiro atoms. The predicted molar refractivity (Wildman–Crippen MR) is 53.7 cm³/mol. The predicted octanol–water partition coefficient (Wildman–Crippen LogP) is 2.32. The second-order valence-electron chi connectivity index (χ2n) is 3.01. The van der Waals surface area contributed by atoms with Gasteiger partial charge in [-0.2, -0.15) is 0 Å². The van der Waals surface area contributed by atoms with E-state index in [0.29, 0.717) is 12.4 Å². The van der Waals surface area contributed by atoms with Crippen LogP contribution in [0.25, 0.3) is 0 Å². The number of hydrogen-bond acceptors (Lipinski definition) is 3. The second kappa shape index (κ2) is 4.65. The fourth-order valence-corrected chi connectivity index (χ4v) is 1.19. The molecule has 0 saturated heterocycles. The van der Waals surface area contributed by atoms with E-state index in [0.717, 1.165) is 11.3 Å². The number of aryl methyl sites for hydroxylation is 1. The third kappa shape index (κ3) is 3.09. The Morgan fingerprint density at radius 2 is 1.93 bits per heavy atom. The van der Waals surface area contributed by atoms with Crippen molar-refractivity contribution in [3.63, 3.8) is 0 Å². The molecule has 14 heavy (non-hydrogen) atoms. The lowest BCUT2D eigenvalue weighted by Gasteiger charge is -2.07. The van der Waals surface area contributed by atoms with E-state index in [1.807, 2.05) is 19.9 Å². The first-order chi connectivity index (χ1) is 6.61. The monoisotopic (exact) mass is 194 g/mol. The van der Waals surface area contributed by atoms with E-state index in [1.54, 1.807) is 12.1 Å². The molecule has 0 aliphatic carbocycles. The van der Waals surface area contributed by atoms with E-state index in [-0.39, 0.29) is 5.97 Å². The van der Waals surface area contributed by atoms with Crippen molar-refractivity contribution in [1.29, 1.82) is 0 Å². The van der Waals surface area contributed by atoms with Gasteiger partial charge in [0.15, 0.2) is 0 Å². The molecular formula is C11H14O3. The van der Waals surface area contributed by atoms with Gasteiger partial charge in [-0.15, -0.1) is 0 Å². The van der Waals surface area contributed by atoms with Crippen molar-refractivity contribution in [2.24, 2.45) is 0 Å². The maximum atomic E-state index is 10.7. The van der Waals surface area contributed by atoms with Crippen LogP contribution in [0.2, 0.25) is 0 Å². The fourth-order valence-electron chi connectivity index (χ4n) is 1.19. The Morgan fingerprint density at radius 1 is 1.29 bits per heavy atom. The number of esters is 1. The van der Waals surface area contributed by atoms with Crippen LogP contribution in [0.15, 0.2) is 18.2 Å². The lowest BCUT2D eigenvalue weighted by atomic mass is 10.2. The number of ether oxygens (including phenoxy) is 2. The quantitative estimate of drug-likeness (QED) is 0.547. The van der Waals surface area contributed by atoms with Crippen molar-refractivity contribution < 1.29 is 14.3 Å². The minimum absolute atomic E-state index is 0.321. The molecule has 1 aromatic carbocycles. The SMILES string of the molecule is CCOc1cc(C)cc(OC(C)=O)c1. The summed E-state index contributed by atoms with van der Waals surface area (Å²) in [5.41, 5.74) is 1.01. The van der Waals surface area contributed by atoms with Crippen LogP contribution in [-0.2, 0) is 4.79 Å². The van der Waals surface area contributed by atoms with E-state index in [1.165, 1.54) is 6.92 Å². The minimum Gasteiger partial charge on any atom is -0.494 e. The highest BCUT2D eigenvalue weighted by atomic mass is 16.5. The van der Waals surface area contributed by atoms with Gasteiger partial charge in [0.25, 0.3) is 0 Å². The normalized spacial score (nSPS) is 9.64. The van der Waals surface area contributed by atoms with Crippen LogP contribution in [0.3, 0.4) is 0 Å². The topological polar surface area (TPSA) is 35.5 Å². The van der Waals surface area contributed by atoms with Gasteiger partial charge in [-0.3, -0.25) is 4.79 Å². The van der Waals surface area contributed by atoms with Gasteiger partial charge in [0, 0.05) is 13.0 Å². The highest BCUT2D eigenvalue weighted by Crippen LogP contribution is 2.22. The van der Waals surface area contributed by atoms with Crippen molar-refractivity contribution >= 4 is 5.97 Å². The molecule has 0 aliphatic heterocycles. The van der Waals surface area contributed by atoms with Crippen molar-refractivity contribution in [2.75, 3.05) is 6.61 Å². The Labute approximate surface area is 83.6 Å². The van der Waals surface area contributed by atoms with Gasteiger partial charge in [0.2, 0.25) is 0 Å². The van der Waals surface area contributed by atoms with E-state index < -0.39 is 0 Å². The molecule has 0 unspecified atom stereocenters. The minimum atomic E-state index is -0.321. The summed E-state index contributed by atoms with van der Waals surface area (Å²) < 4.78 is 10.3. The van der Waals surface area contributed by atoms with Gasteiger partial charge in [0.05, 0.1) is 6.61 Å². The van der Waals surface area contributed by atoms with Crippen LogP contribution in [0.5, 0.6) is 11.5 Å². The van der Waals surface area contributed by atoms with Gasteiger partial charge in [-0.05, 0) is 31.5 Å². The first-order valence-electron chi connectivity index (χ1n) is 4.54. The van der Waals surface area contributed by atoms with Crippen LogP contribution in [0.1, 0.15) is 19.4 Å². The fraction of sp³-hybridized carbons (Fsp3) is 0.364. The first-order valence-corrected chi connectivity index (χ1v) is 4.54. The lowest BCUT2D eigenvalue weighted by molar-refractivity contribution is -0.131. The molecule has 0 aliphatic rings. The number of carbonyl (C=O) groups is 1. The largest absolute Gasteiger partial charge is 0.494 e. The zero-order valence-electron chi connectivity index (χ0n) is 8.66. The molecule has 0 bridgehead atoms. The molecule has 0 fully saturated rings. The number of rotatable bonds is 3. The first kappa shape index (κ1) is 10.6. The molecule has 0 amide bonds. The van der Waals surface area contributed by atoms with Crippen LogP contribution >= 0.6 is 0 Å². The molecule has 0 heterocycles. The molecule has 0 radical (unpaired) electrons. The smallest absolute Gasteiger partial charge is 0.308 e. The van der Waals surface area contributed by atoms with Crippen molar-refractivity contribution in [1.82, 2.24) is 0 Å². The molecule has 0 N–H and O–H groups in total. The summed E-state index contributed by atoms with van der Waals surface area (Å²) in [6.45, 7) is 5.81. The van der Waals surface area contributed by atoms with Gasteiger partial charge < -0.3 is 9.47 Å². The zero-order chi connectivity index (χ0) is 10.6. The third-order valence-electron chi connectivity index (χ3n) is 1.60. The molecule has 0 atom stereocenters. The summed E-state index contributed by atoms with van der Waals surface area (Å²) in [4.78, 5) is 10.7. The second-order valence-corrected chi connectivity index (χ2v) is 3.01. The standard InChI is InChI=1S/C11H14O3/c1-4-13-10-5-8(2)6-11(7-10)14-9(3)12/h5-7H,4H2,1-3H3. The Hall–Kier alpha value is -1.51. The molecule has 1 rings (SSSR count). The van der Waals surface area contributed by atoms with Gasteiger partial charge >= 0.3 is 5.97 Å². The van der Waals surface area contributed by atoms with E-state index in [9.17, 15) is 4.79 Å². The summed E-state index contributed by atoms with van der Waals surface area (Å²) >= 11 is 0.